The number of alkyl halides is 1. The van der Waals surface area contributed by atoms with Gasteiger partial charge in [0.05, 0.1) is 65.7 Å². The van der Waals surface area contributed by atoms with Crippen molar-refractivity contribution in [3.63, 3.8) is 0 Å². The number of hydrogen-bond acceptors (Lipinski definition) is 14. The lowest BCUT2D eigenvalue weighted by Gasteiger charge is -2.31. The van der Waals surface area contributed by atoms with Crippen molar-refractivity contribution in [2.24, 2.45) is 0 Å². The van der Waals surface area contributed by atoms with Crippen molar-refractivity contribution in [1.29, 1.82) is 0 Å². The largest absolute Gasteiger partial charge is 0.778 e. The first-order valence-corrected chi connectivity index (χ1v) is 27.4. The van der Waals surface area contributed by atoms with Crippen LogP contribution in [-0.4, -0.2) is 128 Å². The number of carboxylic acids is 1. The number of carbonyl (C=O) groups is 2. The van der Waals surface area contributed by atoms with Crippen LogP contribution in [0.5, 0.6) is 5.75 Å². The van der Waals surface area contributed by atoms with Crippen molar-refractivity contribution in [2.75, 3.05) is 79.9 Å². The van der Waals surface area contributed by atoms with Gasteiger partial charge in [0.25, 0.3) is 0 Å². The van der Waals surface area contributed by atoms with E-state index in [1.165, 1.54) is 10.7 Å². The number of para-hydroxylation sites is 1. The highest BCUT2D eigenvalue weighted by molar-refractivity contribution is 7.94. The molecule has 19 nitrogen and oxygen atoms in total. The van der Waals surface area contributed by atoms with Gasteiger partial charge in [0, 0.05) is 38.7 Å². The molecule has 0 fully saturated rings. The van der Waals surface area contributed by atoms with Crippen LogP contribution in [0.1, 0.15) is 64.4 Å². The maximum Gasteiger partial charge on any atom is 0.350 e. The third-order valence-electron chi connectivity index (χ3n) is 8.64. The third-order valence-corrected chi connectivity index (χ3v) is 10.3. The van der Waals surface area contributed by atoms with Crippen LogP contribution >= 0.6 is 54.0 Å². The van der Waals surface area contributed by atoms with Crippen molar-refractivity contribution in [1.82, 2.24) is 34.6 Å². The molecule has 4 aromatic rings. The van der Waals surface area contributed by atoms with E-state index in [-0.39, 0.29) is 41.5 Å². The molecule has 3 heterocycles. The Morgan fingerprint density at radius 3 is 2.26 bits per heavy atom. The van der Waals surface area contributed by atoms with Gasteiger partial charge in [-0.2, -0.15) is 19.6 Å². The number of aryl methyl sites for hydroxylation is 3. The number of halogens is 4. The van der Waals surface area contributed by atoms with E-state index in [1.54, 1.807) is 22.6 Å². The molecule has 2 atom stereocenters. The van der Waals surface area contributed by atoms with Crippen LogP contribution in [0.2, 0.25) is 15.3 Å². The number of rotatable bonds is 17. The highest BCUT2D eigenvalue weighted by Crippen LogP contribution is 2.33. The Kier molecular flexibility index (Phi) is 29.8. The first kappa shape index (κ1) is 62.9. The Bertz CT molecular complexity index is 2380. The Balaban J connectivity index is 0.000000464. The van der Waals surface area contributed by atoms with Crippen LogP contribution in [0.25, 0.3) is 5.69 Å². The summed E-state index contributed by atoms with van der Waals surface area (Å²) in [6.45, 7) is 13.6. The zero-order valence-corrected chi connectivity index (χ0v) is 45.4. The molecule has 5 rings (SSSR count). The van der Waals surface area contributed by atoms with Crippen molar-refractivity contribution in [3.8, 4) is 23.8 Å². The number of terminal acetylenes is 1. The number of fused-ring (bicyclic) bond motifs is 1. The van der Waals surface area contributed by atoms with Gasteiger partial charge in [-0.05, 0) is 93.6 Å². The van der Waals surface area contributed by atoms with Gasteiger partial charge in [-0.1, -0.05) is 54.2 Å². The summed E-state index contributed by atoms with van der Waals surface area (Å²) in [5, 5.41) is 21.2. The predicted molar refractivity (Wildman–Crippen MR) is 278 cm³/mol. The van der Waals surface area contributed by atoms with Crippen LogP contribution in [-0.2, 0) is 49.2 Å². The molecule has 0 saturated carbocycles. The number of methoxy groups -OCH3 is 1. The number of carboxylic acid groups (broad SMARTS) is 1. The minimum Gasteiger partial charge on any atom is -0.778 e. The van der Waals surface area contributed by atoms with Crippen molar-refractivity contribution in [3.05, 3.63) is 73.1 Å². The fraction of sp³-hybridized carbons (Fsp3) is 0.523. The van der Waals surface area contributed by atoms with Crippen molar-refractivity contribution >= 4 is 94.4 Å². The molecule has 0 radical (unpaired) electrons. The molecule has 5 N–H and O–H groups in total. The minimum atomic E-state index is -4.35. The van der Waals surface area contributed by atoms with Crippen molar-refractivity contribution in [2.45, 2.75) is 85.9 Å². The van der Waals surface area contributed by atoms with E-state index in [0.29, 0.717) is 57.4 Å². The van der Waals surface area contributed by atoms with Gasteiger partial charge in [-0.15, -0.1) is 23.1 Å². The summed E-state index contributed by atoms with van der Waals surface area (Å²) >= 11 is 23.8. The van der Waals surface area contributed by atoms with E-state index in [1.807, 2.05) is 52.1 Å². The smallest absolute Gasteiger partial charge is 0.350 e. The number of amides is 1. The molecule has 1 aliphatic rings. The number of ether oxygens (including phenoxy) is 2. The zero-order valence-electron chi connectivity index (χ0n) is 40.6. The van der Waals surface area contributed by atoms with Gasteiger partial charge < -0.3 is 44.5 Å². The van der Waals surface area contributed by atoms with E-state index >= 15 is 0 Å². The SMILES string of the molecule is C#CCOc1cc(-n2nc3n(c2=O)CCCC3)c(Cl)cc1Cl.CCNc1nc(Cl)nc(NC(C)C)n1.CCc1cccc(C)c1N(C(=O)CCl)C(C)COC.C[S+](C)C.O=C(O)CNCP(=O)([O-])O. The van der Waals surface area contributed by atoms with Crippen LogP contribution in [0.15, 0.2) is 35.1 Å². The summed E-state index contributed by atoms with van der Waals surface area (Å²) < 4.78 is 23.5. The van der Waals surface area contributed by atoms with E-state index in [0.717, 1.165) is 54.9 Å². The van der Waals surface area contributed by atoms with Gasteiger partial charge in [-0.3, -0.25) is 19.5 Å². The molecule has 0 aliphatic carbocycles. The number of anilines is 3. The number of hydrogen-bond donors (Lipinski definition) is 5. The predicted octanol–water partition coefficient (Wildman–Crippen LogP) is 6.29. The molecule has 2 unspecified atom stereocenters. The standard InChI is InChI=1S/C15H13Cl2N3O2.C15H22ClNO2.C8H14ClN5.C3H8NO5P.C3H9S/c1-2-7-22-13-9-12(10(16)8-11(13)17)20-15(21)19-6-4-3-5-14(19)18-20;1-5-13-8-6-7-11(2)15(13)17(14(18)9-16)12(3)10-19-4;1-4-10-7-12-6(9)13-8(14-7)11-5(2)3;5-3(6)1-4-2-10(7,8)9;1-4(2)3/h1,8-9H,3-7H2;6-8,12H,5,9-10H2,1-4H3;5H,4H2,1-3H3,(H2,10,11,12,13,14);4H,1-2H2,(H,5,6)(H2,7,8,9);1-3H3/q;;;;+1/p-1. The number of nitrogens with zero attached hydrogens (tertiary/aromatic N) is 7. The van der Waals surface area contributed by atoms with Crippen LogP contribution in [0.4, 0.5) is 17.6 Å². The first-order chi connectivity index (χ1) is 32.4. The lowest BCUT2D eigenvalue weighted by Crippen LogP contribution is -2.43. The Labute approximate surface area is 427 Å². The van der Waals surface area contributed by atoms with Crippen molar-refractivity contribution < 1.29 is 38.5 Å². The van der Waals surface area contributed by atoms with E-state index in [4.69, 9.17) is 72.3 Å². The molecule has 0 bridgehead atoms. The Hall–Kier alpha value is -4.13. The van der Waals surface area contributed by atoms with Gasteiger partial charge in [0.15, 0.2) is 0 Å². The monoisotopic (exact) mass is 1080 g/mol. The second-order valence-corrected chi connectivity index (χ2v) is 21.0. The summed E-state index contributed by atoms with van der Waals surface area (Å²) in [7, 11) is -2.07. The van der Waals surface area contributed by atoms with Crippen LogP contribution in [0, 0.1) is 19.3 Å². The number of carbonyl (C=O) groups excluding carboxylic acids is 1. The maximum absolute atomic E-state index is 12.5. The molecule has 2 aromatic carbocycles. The van der Waals surface area contributed by atoms with Crippen LogP contribution < -0.4 is 36.2 Å². The Morgan fingerprint density at radius 1 is 1.07 bits per heavy atom. The summed E-state index contributed by atoms with van der Waals surface area (Å²) in [6.07, 6.45) is 14.7. The fourth-order valence-corrected chi connectivity index (χ4v) is 7.20. The average molecular weight is 1080 g/mol. The van der Waals surface area contributed by atoms with Gasteiger partial charge in [-0.25, -0.2) is 4.79 Å². The summed E-state index contributed by atoms with van der Waals surface area (Å²) in [6, 6.07) is 9.42. The van der Waals surface area contributed by atoms with Gasteiger partial charge in [0.1, 0.15) is 31.7 Å². The minimum absolute atomic E-state index is 0.0223. The fourth-order valence-electron chi connectivity index (χ4n) is 6.00. The highest BCUT2D eigenvalue weighted by Gasteiger charge is 2.25. The molecular formula is C44H65Cl4N10O9PS. The molecule has 69 heavy (non-hydrogen) atoms. The van der Waals surface area contributed by atoms with E-state index in [9.17, 15) is 23.8 Å². The van der Waals surface area contributed by atoms with Gasteiger partial charge in [0.2, 0.25) is 23.1 Å². The number of benzene rings is 2. The molecule has 384 valence electrons. The van der Waals surface area contributed by atoms with Crippen LogP contribution in [0.3, 0.4) is 0 Å². The number of nitrogens with one attached hydrogen (secondary N) is 3. The number of aliphatic carboxylic acids is 1. The third kappa shape index (κ3) is 23.6. The summed E-state index contributed by atoms with van der Waals surface area (Å²) in [4.78, 5) is 66.2. The molecule has 1 aliphatic heterocycles. The topological polar surface area (TPSA) is 251 Å². The quantitative estimate of drug-likeness (QED) is 0.0337. The molecule has 2 aromatic heterocycles. The first-order valence-electron chi connectivity index (χ1n) is 21.5. The molecule has 0 saturated heterocycles. The van der Waals surface area contributed by atoms with Gasteiger partial charge >= 0.3 is 11.7 Å². The second-order valence-electron chi connectivity index (χ2n) is 15.5. The Morgan fingerprint density at radius 2 is 1.72 bits per heavy atom. The number of aromatic nitrogens is 6. The summed E-state index contributed by atoms with van der Waals surface area (Å²) in [5.74, 6) is 3.22. The van der Waals surface area contributed by atoms with E-state index in [2.05, 4.69) is 68.4 Å². The molecule has 25 heteroatoms. The lowest BCUT2D eigenvalue weighted by molar-refractivity contribution is -0.193. The summed E-state index contributed by atoms with van der Waals surface area (Å²) in [5.41, 5.74) is 3.44. The molecule has 0 spiro atoms. The molecule has 1 amide bonds. The molecular weight excluding hydrogens is 1020 g/mol. The van der Waals surface area contributed by atoms with E-state index < -0.39 is 26.4 Å². The maximum atomic E-state index is 12.5. The normalized spacial score (nSPS) is 12.7. The second kappa shape index (κ2) is 32.7. The zero-order chi connectivity index (χ0) is 52.4. The lowest BCUT2D eigenvalue weighted by atomic mass is 10.0. The highest BCUT2D eigenvalue weighted by atomic mass is 35.5. The average Bonchev–Trinajstić information content (AvgIpc) is 3.59.